The van der Waals surface area contributed by atoms with Crippen molar-refractivity contribution in [3.63, 3.8) is 0 Å². The van der Waals surface area contributed by atoms with Crippen molar-refractivity contribution in [2.45, 2.75) is 77.1 Å². The average Bonchev–Trinajstić information content (AvgIpc) is 3.60. The Balaban J connectivity index is 0.000000765. The number of anilines is 1. The number of ether oxygens (including phenoxy) is 1. The van der Waals surface area contributed by atoms with E-state index in [1.165, 1.54) is 12.4 Å². The normalized spacial score (nSPS) is 17.8. The Morgan fingerprint density at radius 3 is 2.02 bits per heavy atom. The number of rotatable bonds is 9. The summed E-state index contributed by atoms with van der Waals surface area (Å²) in [4.78, 5) is 23.5. The number of hydrogen-bond acceptors (Lipinski definition) is 6. The Kier molecular flexibility index (Phi) is 11.2. The number of halogens is 6. The first-order valence-corrected chi connectivity index (χ1v) is 13.8. The molecule has 8 nitrogen and oxygen atoms in total. The monoisotopic (exact) mass is 614 g/mol. The van der Waals surface area contributed by atoms with Crippen LogP contribution in [0.1, 0.15) is 56.7 Å². The number of aromatic nitrogens is 4. The third-order valence-corrected chi connectivity index (χ3v) is 7.39. The van der Waals surface area contributed by atoms with Crippen LogP contribution in [0.25, 0.3) is 11.1 Å². The maximum absolute atomic E-state index is 13.4. The molecule has 0 aliphatic carbocycles. The number of aryl methyl sites for hydroxylation is 1. The van der Waals surface area contributed by atoms with E-state index in [1.807, 2.05) is 6.92 Å². The zero-order valence-electron chi connectivity index (χ0n) is 24.7. The predicted octanol–water partition coefficient (Wildman–Crippen LogP) is 6.36. The first kappa shape index (κ1) is 33.8. The molecule has 0 spiro atoms. The topological polar surface area (TPSA) is 76.4 Å². The fourth-order valence-corrected chi connectivity index (χ4v) is 4.70. The SMILES string of the molecule is CC[C@@H](C)OC.CC[C@@H]1CC(N(Cc2cc(C(F)(F)F)cc(C(F)(F)F)c2)c2ncc(-c3cnn(C)c3)cn2)CN1C=O. The molecule has 0 N–H and O–H groups in total. The van der Waals surface area contributed by atoms with E-state index in [0.29, 0.717) is 43.1 Å². The van der Waals surface area contributed by atoms with E-state index < -0.39 is 29.5 Å². The maximum atomic E-state index is 13.4. The van der Waals surface area contributed by atoms with Gasteiger partial charge in [0, 0.05) is 63.0 Å². The standard InChI is InChI=1S/C24H24F6N6O.C5H12O/c1-3-20-7-21(13-35(20)14-37)36(22-31-8-16(9-32-22)17-10-33-34(2)12-17)11-15-4-18(23(25,26)27)6-19(5-15)24(28,29)30;1-4-5(2)6-3/h4-6,8-10,12,14,20-21H,3,7,11,13H2,1-2H3;5H,4H2,1-3H3/t20-,21?;5-/m11/s1. The first-order valence-electron chi connectivity index (χ1n) is 13.8. The van der Waals surface area contributed by atoms with Crippen LogP contribution in [0.2, 0.25) is 0 Å². The van der Waals surface area contributed by atoms with Crippen LogP contribution in [0.15, 0.2) is 43.0 Å². The summed E-state index contributed by atoms with van der Waals surface area (Å²) < 4.78 is 87.1. The number of nitrogens with zero attached hydrogens (tertiary/aromatic N) is 6. The molecular weight excluding hydrogens is 578 g/mol. The van der Waals surface area contributed by atoms with E-state index in [0.717, 1.165) is 12.0 Å². The quantitative estimate of drug-likeness (QED) is 0.206. The van der Waals surface area contributed by atoms with Gasteiger partial charge in [-0.1, -0.05) is 13.8 Å². The molecule has 2 aromatic heterocycles. The number of alkyl halides is 6. The number of hydrogen-bond donors (Lipinski definition) is 0. The lowest BCUT2D eigenvalue weighted by Gasteiger charge is -2.29. The van der Waals surface area contributed by atoms with E-state index in [4.69, 9.17) is 4.74 Å². The highest BCUT2D eigenvalue weighted by atomic mass is 19.4. The number of carbonyl (C=O) groups excluding carboxylic acids is 1. The molecule has 1 unspecified atom stereocenters. The van der Waals surface area contributed by atoms with Crippen LogP contribution < -0.4 is 4.90 Å². The molecule has 14 heteroatoms. The molecule has 0 radical (unpaired) electrons. The summed E-state index contributed by atoms with van der Waals surface area (Å²) >= 11 is 0. The highest BCUT2D eigenvalue weighted by molar-refractivity contribution is 5.60. The van der Waals surface area contributed by atoms with Gasteiger partial charge in [-0.05, 0) is 49.9 Å². The van der Waals surface area contributed by atoms with Crippen molar-refractivity contribution in [1.82, 2.24) is 24.6 Å². The molecular formula is C29H36F6N6O2. The number of methoxy groups -OCH3 is 1. The fourth-order valence-electron chi connectivity index (χ4n) is 4.70. The summed E-state index contributed by atoms with van der Waals surface area (Å²) in [6, 6.07) is 0.978. The lowest BCUT2D eigenvalue weighted by molar-refractivity contribution is -0.143. The van der Waals surface area contributed by atoms with E-state index in [-0.39, 0.29) is 36.7 Å². The van der Waals surface area contributed by atoms with Gasteiger partial charge >= 0.3 is 12.4 Å². The number of benzene rings is 1. The Bertz CT molecular complexity index is 1290. The summed E-state index contributed by atoms with van der Waals surface area (Å²) in [5.74, 6) is 0.131. The molecule has 3 aromatic rings. The van der Waals surface area contributed by atoms with Gasteiger partial charge < -0.3 is 14.5 Å². The van der Waals surface area contributed by atoms with Crippen LogP contribution in [-0.4, -0.2) is 62.9 Å². The van der Waals surface area contributed by atoms with Gasteiger partial charge in [0.05, 0.1) is 29.5 Å². The predicted molar refractivity (Wildman–Crippen MR) is 149 cm³/mol. The van der Waals surface area contributed by atoms with Crippen LogP contribution >= 0.6 is 0 Å². The summed E-state index contributed by atoms with van der Waals surface area (Å²) in [5, 5.41) is 4.09. The van der Waals surface area contributed by atoms with Gasteiger partial charge in [-0.25, -0.2) is 9.97 Å². The molecule has 236 valence electrons. The van der Waals surface area contributed by atoms with Gasteiger partial charge in [0.1, 0.15) is 0 Å². The van der Waals surface area contributed by atoms with Gasteiger partial charge in [-0.3, -0.25) is 9.48 Å². The zero-order valence-corrected chi connectivity index (χ0v) is 24.7. The molecule has 1 aromatic carbocycles. The molecule has 0 bridgehead atoms. The molecule has 4 rings (SSSR count). The molecule has 0 saturated carbocycles. The molecule has 3 heterocycles. The highest BCUT2D eigenvalue weighted by Crippen LogP contribution is 2.37. The Morgan fingerprint density at radius 1 is 1.02 bits per heavy atom. The second kappa shape index (κ2) is 14.2. The lowest BCUT2D eigenvalue weighted by Crippen LogP contribution is -2.38. The largest absolute Gasteiger partial charge is 0.416 e. The first-order chi connectivity index (χ1) is 20.2. The van der Waals surface area contributed by atoms with Crippen LogP contribution in [0.4, 0.5) is 32.3 Å². The van der Waals surface area contributed by atoms with E-state index in [2.05, 4.69) is 28.9 Å². The highest BCUT2D eigenvalue weighted by Gasteiger charge is 2.38. The van der Waals surface area contributed by atoms with Crippen LogP contribution in [0.3, 0.4) is 0 Å². The molecule has 43 heavy (non-hydrogen) atoms. The van der Waals surface area contributed by atoms with Crippen molar-refractivity contribution in [2.24, 2.45) is 7.05 Å². The Hall–Kier alpha value is -3.68. The smallest absolute Gasteiger partial charge is 0.382 e. The van der Waals surface area contributed by atoms with Crippen molar-refractivity contribution in [3.05, 3.63) is 59.7 Å². The Morgan fingerprint density at radius 2 is 1.63 bits per heavy atom. The minimum Gasteiger partial charge on any atom is -0.382 e. The number of likely N-dealkylation sites (tertiary alicyclic amines) is 1. The van der Waals surface area contributed by atoms with Gasteiger partial charge in [-0.15, -0.1) is 0 Å². The summed E-state index contributed by atoms with van der Waals surface area (Å²) in [5.41, 5.74) is -1.59. The minimum atomic E-state index is -4.96. The van der Waals surface area contributed by atoms with Gasteiger partial charge in [0.25, 0.3) is 0 Å². The van der Waals surface area contributed by atoms with Crippen LogP contribution in [-0.2, 0) is 35.5 Å². The zero-order chi connectivity index (χ0) is 31.9. The van der Waals surface area contributed by atoms with E-state index in [9.17, 15) is 31.1 Å². The van der Waals surface area contributed by atoms with Gasteiger partial charge in [0.15, 0.2) is 0 Å². The van der Waals surface area contributed by atoms with E-state index >= 15 is 0 Å². The molecule has 1 fully saturated rings. The molecule has 3 atom stereocenters. The molecule has 1 aliphatic rings. The number of carbonyl (C=O) groups is 1. The third kappa shape index (κ3) is 8.91. The molecule has 1 amide bonds. The minimum absolute atomic E-state index is 0.101. The third-order valence-electron chi connectivity index (χ3n) is 7.39. The van der Waals surface area contributed by atoms with Crippen molar-refractivity contribution in [1.29, 1.82) is 0 Å². The summed E-state index contributed by atoms with van der Waals surface area (Å²) in [7, 11) is 3.47. The second-order valence-electron chi connectivity index (χ2n) is 10.4. The maximum Gasteiger partial charge on any atom is 0.416 e. The number of amides is 1. The Labute approximate surface area is 246 Å². The van der Waals surface area contributed by atoms with Crippen molar-refractivity contribution in [3.8, 4) is 11.1 Å². The summed E-state index contributed by atoms with van der Waals surface area (Å²) in [6.07, 6.45) is -0.168. The molecule has 1 saturated heterocycles. The van der Waals surface area contributed by atoms with E-state index in [1.54, 1.807) is 41.0 Å². The lowest BCUT2D eigenvalue weighted by atomic mass is 10.0. The van der Waals surface area contributed by atoms with Gasteiger partial charge in [0.2, 0.25) is 12.4 Å². The molecule has 1 aliphatic heterocycles. The van der Waals surface area contributed by atoms with Crippen molar-refractivity contribution >= 4 is 12.4 Å². The second-order valence-corrected chi connectivity index (χ2v) is 10.4. The average molecular weight is 615 g/mol. The summed E-state index contributed by atoms with van der Waals surface area (Å²) in [6.45, 7) is 5.98. The fraction of sp³-hybridized carbons (Fsp3) is 0.517. The van der Waals surface area contributed by atoms with Crippen molar-refractivity contribution in [2.75, 3.05) is 18.6 Å². The van der Waals surface area contributed by atoms with Crippen molar-refractivity contribution < 1.29 is 35.9 Å². The van der Waals surface area contributed by atoms with Crippen LogP contribution in [0.5, 0.6) is 0 Å². The van der Waals surface area contributed by atoms with Crippen LogP contribution in [0, 0.1) is 0 Å². The van der Waals surface area contributed by atoms with Gasteiger partial charge in [-0.2, -0.15) is 31.4 Å².